The van der Waals surface area contributed by atoms with Crippen molar-refractivity contribution in [1.29, 1.82) is 0 Å². The maximum Gasteiger partial charge on any atom is 0.269 e. The molecule has 1 aromatic carbocycles. The summed E-state index contributed by atoms with van der Waals surface area (Å²) in [6, 6.07) is 4.76. The van der Waals surface area contributed by atoms with Gasteiger partial charge in [-0.2, -0.15) is 4.31 Å². The maximum atomic E-state index is 12.7. The smallest absolute Gasteiger partial charge is 0.269 e. The van der Waals surface area contributed by atoms with Crippen LogP contribution in [0.1, 0.15) is 19.3 Å². The fraction of sp³-hybridized carbons (Fsp3) is 0.400. The first kappa shape index (κ1) is 18.1. The van der Waals surface area contributed by atoms with E-state index < -0.39 is 14.9 Å². The summed E-state index contributed by atoms with van der Waals surface area (Å²) in [7, 11) is -3.71. The van der Waals surface area contributed by atoms with Gasteiger partial charge in [-0.3, -0.25) is 14.9 Å². The lowest BCUT2D eigenvalue weighted by molar-refractivity contribution is -0.384. The van der Waals surface area contributed by atoms with Gasteiger partial charge in [0.15, 0.2) is 0 Å². The second-order valence-electron chi connectivity index (χ2n) is 5.50. The highest BCUT2D eigenvalue weighted by atomic mass is 32.2. The summed E-state index contributed by atoms with van der Waals surface area (Å²) in [5.41, 5.74) is -0.156. The molecule has 9 heteroatoms. The van der Waals surface area contributed by atoms with Crippen LogP contribution in [-0.2, 0) is 14.8 Å². The Morgan fingerprint density at radius 3 is 2.54 bits per heavy atom. The minimum atomic E-state index is -3.71. The van der Waals surface area contributed by atoms with Crippen molar-refractivity contribution in [3.63, 3.8) is 0 Å². The molecule has 1 N–H and O–H groups in total. The number of carbonyl (C=O) groups excluding carboxylic acids is 1. The first-order chi connectivity index (χ1) is 11.3. The molecule has 8 nitrogen and oxygen atoms in total. The van der Waals surface area contributed by atoms with Crippen LogP contribution in [0.15, 0.2) is 41.8 Å². The number of nitrogens with zero attached hydrogens (tertiary/aromatic N) is 2. The van der Waals surface area contributed by atoms with Crippen LogP contribution in [0.5, 0.6) is 0 Å². The Bertz CT molecular complexity index is 730. The minimum Gasteiger partial charge on any atom is -0.350 e. The third-order valence-electron chi connectivity index (χ3n) is 3.90. The van der Waals surface area contributed by atoms with Crippen molar-refractivity contribution in [2.24, 2.45) is 0 Å². The number of non-ortho nitro benzene ring substituents is 1. The highest BCUT2D eigenvalue weighted by molar-refractivity contribution is 7.89. The average Bonchev–Trinajstić information content (AvgIpc) is 2.80. The van der Waals surface area contributed by atoms with Crippen LogP contribution < -0.4 is 5.32 Å². The molecule has 1 atom stereocenters. The van der Waals surface area contributed by atoms with Crippen molar-refractivity contribution in [3.05, 3.63) is 47.0 Å². The number of amides is 1. The summed E-state index contributed by atoms with van der Waals surface area (Å²) in [5.74, 6) is -0.272. The van der Waals surface area contributed by atoms with Crippen LogP contribution in [0.2, 0.25) is 0 Å². The Morgan fingerprint density at radius 2 is 1.96 bits per heavy atom. The van der Waals surface area contributed by atoms with Crippen molar-refractivity contribution in [2.45, 2.75) is 30.2 Å². The van der Waals surface area contributed by atoms with Gasteiger partial charge in [-0.15, -0.1) is 0 Å². The highest BCUT2D eigenvalue weighted by Gasteiger charge is 2.28. The van der Waals surface area contributed by atoms with Gasteiger partial charge in [0.2, 0.25) is 15.9 Å². The predicted molar refractivity (Wildman–Crippen MR) is 87.8 cm³/mol. The van der Waals surface area contributed by atoms with E-state index in [1.807, 2.05) is 0 Å². The number of nitro groups is 1. The summed E-state index contributed by atoms with van der Waals surface area (Å²) in [4.78, 5) is 21.5. The average molecular weight is 353 g/mol. The zero-order valence-corrected chi connectivity index (χ0v) is 13.9. The van der Waals surface area contributed by atoms with E-state index in [1.165, 1.54) is 34.6 Å². The van der Waals surface area contributed by atoms with E-state index in [2.05, 4.69) is 11.9 Å². The second-order valence-corrected chi connectivity index (χ2v) is 7.43. The van der Waals surface area contributed by atoms with E-state index in [4.69, 9.17) is 0 Å². The molecule has 0 saturated carbocycles. The maximum absolute atomic E-state index is 12.7. The molecule has 0 aromatic heterocycles. The fourth-order valence-electron chi connectivity index (χ4n) is 2.60. The summed E-state index contributed by atoms with van der Waals surface area (Å²) in [5, 5.41) is 13.4. The molecule has 0 radical (unpaired) electrons. The summed E-state index contributed by atoms with van der Waals surface area (Å²) < 4.78 is 26.7. The number of nitro benzene ring substituents is 1. The lowest BCUT2D eigenvalue weighted by atomic mass is 10.1. The largest absolute Gasteiger partial charge is 0.350 e. The molecule has 1 aliphatic heterocycles. The van der Waals surface area contributed by atoms with Gasteiger partial charge in [-0.1, -0.05) is 6.58 Å². The van der Waals surface area contributed by atoms with Crippen molar-refractivity contribution in [3.8, 4) is 0 Å². The number of nitrogens with one attached hydrogen (secondary N) is 1. The van der Waals surface area contributed by atoms with Crippen molar-refractivity contribution < 1.29 is 18.1 Å². The standard InChI is InChI=1S/C15H19N3O5S/c1-2-15(19)16-12-4-3-10-17(11-9-12)24(22,23)14-7-5-13(6-8-14)18(20)21/h2,5-8,12H,1,3-4,9-11H2,(H,16,19). The molecule has 1 heterocycles. The summed E-state index contributed by atoms with van der Waals surface area (Å²) in [6.45, 7) is 4.02. The van der Waals surface area contributed by atoms with Gasteiger partial charge in [0.1, 0.15) is 0 Å². The van der Waals surface area contributed by atoms with Crippen LogP contribution in [0.3, 0.4) is 0 Å². The molecular weight excluding hydrogens is 334 g/mol. The van der Waals surface area contributed by atoms with Gasteiger partial charge in [-0.25, -0.2) is 8.42 Å². The number of hydrogen-bond acceptors (Lipinski definition) is 5. The molecule has 24 heavy (non-hydrogen) atoms. The molecule has 1 amide bonds. The summed E-state index contributed by atoms with van der Waals surface area (Å²) >= 11 is 0. The first-order valence-corrected chi connectivity index (χ1v) is 8.96. The van der Waals surface area contributed by atoms with Crippen molar-refractivity contribution in [2.75, 3.05) is 13.1 Å². The Hall–Kier alpha value is -2.26. The van der Waals surface area contributed by atoms with E-state index in [-0.39, 0.29) is 29.1 Å². The number of rotatable bonds is 5. The van der Waals surface area contributed by atoms with E-state index >= 15 is 0 Å². The van der Waals surface area contributed by atoms with E-state index in [1.54, 1.807) is 0 Å². The van der Waals surface area contributed by atoms with Crippen LogP contribution in [0.25, 0.3) is 0 Å². The molecular formula is C15H19N3O5S. The fourth-order valence-corrected chi connectivity index (χ4v) is 4.10. The number of benzene rings is 1. The predicted octanol–water partition coefficient (Wildman–Crippen LogP) is 1.44. The Labute approximate surface area is 140 Å². The number of carbonyl (C=O) groups is 1. The molecule has 1 aromatic rings. The van der Waals surface area contributed by atoms with Gasteiger partial charge in [0.05, 0.1) is 9.82 Å². The van der Waals surface area contributed by atoms with Crippen LogP contribution in [0, 0.1) is 10.1 Å². The highest BCUT2D eigenvalue weighted by Crippen LogP contribution is 2.22. The second kappa shape index (κ2) is 7.54. The Morgan fingerprint density at radius 1 is 1.29 bits per heavy atom. The molecule has 0 aliphatic carbocycles. The topological polar surface area (TPSA) is 110 Å². The molecule has 1 aliphatic rings. The monoisotopic (exact) mass is 353 g/mol. The van der Waals surface area contributed by atoms with Gasteiger partial charge >= 0.3 is 0 Å². The zero-order valence-electron chi connectivity index (χ0n) is 13.1. The number of hydrogen-bond donors (Lipinski definition) is 1. The molecule has 0 bridgehead atoms. The zero-order chi connectivity index (χ0) is 17.7. The molecule has 1 unspecified atom stereocenters. The first-order valence-electron chi connectivity index (χ1n) is 7.52. The minimum absolute atomic E-state index is 0.0293. The van der Waals surface area contributed by atoms with Gasteiger partial charge in [-0.05, 0) is 37.5 Å². The third-order valence-corrected chi connectivity index (χ3v) is 5.82. The Kier molecular flexibility index (Phi) is 5.68. The molecule has 1 fully saturated rings. The van der Waals surface area contributed by atoms with Crippen LogP contribution in [-0.4, -0.2) is 42.7 Å². The Balaban J connectivity index is 2.10. The van der Waals surface area contributed by atoms with Gasteiger partial charge in [0, 0.05) is 31.3 Å². The van der Waals surface area contributed by atoms with Gasteiger partial charge in [0.25, 0.3) is 5.69 Å². The van der Waals surface area contributed by atoms with Gasteiger partial charge < -0.3 is 5.32 Å². The van der Waals surface area contributed by atoms with Crippen LogP contribution in [0.4, 0.5) is 5.69 Å². The van der Waals surface area contributed by atoms with E-state index in [9.17, 15) is 23.3 Å². The molecule has 0 spiro atoms. The molecule has 2 rings (SSSR count). The third kappa shape index (κ3) is 4.18. The molecule has 1 saturated heterocycles. The number of sulfonamides is 1. The van der Waals surface area contributed by atoms with Crippen molar-refractivity contribution >= 4 is 21.6 Å². The molecule has 130 valence electrons. The van der Waals surface area contributed by atoms with Crippen molar-refractivity contribution in [1.82, 2.24) is 9.62 Å². The SMILES string of the molecule is C=CC(=O)NC1CCCN(S(=O)(=O)c2ccc([N+](=O)[O-])cc2)CC1. The van der Waals surface area contributed by atoms with E-state index in [0.717, 1.165) is 0 Å². The quantitative estimate of drug-likeness (QED) is 0.489. The lowest BCUT2D eigenvalue weighted by Crippen LogP contribution is -2.36. The lowest BCUT2D eigenvalue weighted by Gasteiger charge is -2.20. The summed E-state index contributed by atoms with van der Waals surface area (Å²) in [6.07, 6.45) is 3.00. The van der Waals surface area contributed by atoms with Crippen LogP contribution >= 0.6 is 0 Å². The normalized spacial score (nSPS) is 19.2. The van der Waals surface area contributed by atoms with E-state index in [0.29, 0.717) is 25.8 Å².